The minimum Gasteiger partial charge on any atom is -0.493 e. The van der Waals surface area contributed by atoms with E-state index >= 15 is 0 Å². The number of benzene rings is 1. The van der Waals surface area contributed by atoms with Crippen molar-refractivity contribution in [2.45, 2.75) is 58.4 Å². The molecule has 2 aliphatic carbocycles. The Hall–Kier alpha value is -1.97. The fraction of sp³-hybridized carbons (Fsp3) is 0.591. The third-order valence-corrected chi connectivity index (χ3v) is 6.37. The van der Waals surface area contributed by atoms with Crippen LogP contribution in [-0.4, -0.2) is 25.2 Å². The Morgan fingerprint density at radius 3 is 2.35 bits per heavy atom. The standard InChI is InChI=1S/C22H30N2O2/c1-13-7-5-8-14(2)21(13)24-22-15-9-6-10-17(15)23-18-12-20(26-4)19(25-3)11-16(18)22/h11-14,21H,5-10H2,1-4H3,(H,23,24). The molecule has 0 amide bonds. The van der Waals surface area contributed by atoms with Gasteiger partial charge in [-0.3, -0.25) is 4.98 Å². The van der Waals surface area contributed by atoms with Crippen LogP contribution in [0, 0.1) is 11.8 Å². The highest BCUT2D eigenvalue weighted by Gasteiger charge is 2.30. The van der Waals surface area contributed by atoms with Gasteiger partial charge in [0.05, 0.1) is 19.7 Å². The van der Waals surface area contributed by atoms with E-state index in [1.807, 2.05) is 6.07 Å². The van der Waals surface area contributed by atoms with Gasteiger partial charge in [0.2, 0.25) is 0 Å². The van der Waals surface area contributed by atoms with Crippen molar-refractivity contribution >= 4 is 16.6 Å². The Labute approximate surface area is 156 Å². The quantitative estimate of drug-likeness (QED) is 0.841. The predicted molar refractivity (Wildman–Crippen MR) is 106 cm³/mol. The van der Waals surface area contributed by atoms with Crippen LogP contribution in [0.25, 0.3) is 10.9 Å². The maximum atomic E-state index is 5.57. The molecular formula is C22H30N2O2. The largest absolute Gasteiger partial charge is 0.493 e. The van der Waals surface area contributed by atoms with Gasteiger partial charge >= 0.3 is 0 Å². The molecule has 0 bridgehead atoms. The molecule has 0 aliphatic heterocycles. The molecule has 1 N–H and O–H groups in total. The minimum atomic E-state index is 0.521. The summed E-state index contributed by atoms with van der Waals surface area (Å²) in [5.74, 6) is 2.90. The lowest BCUT2D eigenvalue weighted by Crippen LogP contribution is -2.37. The molecule has 26 heavy (non-hydrogen) atoms. The number of methoxy groups -OCH3 is 2. The average molecular weight is 354 g/mol. The van der Waals surface area contributed by atoms with Crippen molar-refractivity contribution in [3.8, 4) is 11.5 Å². The van der Waals surface area contributed by atoms with Crippen LogP contribution >= 0.6 is 0 Å². The lowest BCUT2D eigenvalue weighted by atomic mass is 9.78. The smallest absolute Gasteiger partial charge is 0.162 e. The predicted octanol–water partition coefficient (Wildman–Crippen LogP) is 4.98. The Morgan fingerprint density at radius 2 is 1.65 bits per heavy atom. The highest BCUT2D eigenvalue weighted by atomic mass is 16.5. The number of aryl methyl sites for hydroxylation is 1. The van der Waals surface area contributed by atoms with Gasteiger partial charge in [-0.2, -0.15) is 0 Å². The van der Waals surface area contributed by atoms with Crippen molar-refractivity contribution < 1.29 is 9.47 Å². The van der Waals surface area contributed by atoms with Gasteiger partial charge in [0, 0.05) is 28.9 Å². The van der Waals surface area contributed by atoms with Crippen molar-refractivity contribution in [3.05, 3.63) is 23.4 Å². The molecule has 4 heteroatoms. The van der Waals surface area contributed by atoms with E-state index in [1.54, 1.807) is 14.2 Å². The van der Waals surface area contributed by atoms with Gasteiger partial charge < -0.3 is 14.8 Å². The van der Waals surface area contributed by atoms with Crippen molar-refractivity contribution in [3.63, 3.8) is 0 Å². The highest BCUT2D eigenvalue weighted by molar-refractivity contribution is 5.96. The molecule has 2 aliphatic rings. The van der Waals surface area contributed by atoms with Crippen LogP contribution < -0.4 is 14.8 Å². The van der Waals surface area contributed by atoms with E-state index in [9.17, 15) is 0 Å². The number of pyridine rings is 1. The van der Waals surface area contributed by atoms with Crippen LogP contribution in [0.2, 0.25) is 0 Å². The average Bonchev–Trinajstić information content (AvgIpc) is 3.11. The molecule has 0 spiro atoms. The van der Waals surface area contributed by atoms with Gasteiger partial charge in [0.15, 0.2) is 11.5 Å². The number of anilines is 1. The second-order valence-corrected chi connectivity index (χ2v) is 8.05. The second kappa shape index (κ2) is 6.98. The number of hydrogen-bond donors (Lipinski definition) is 1. The third kappa shape index (κ3) is 2.89. The van der Waals surface area contributed by atoms with Gasteiger partial charge in [-0.1, -0.05) is 20.3 Å². The summed E-state index contributed by atoms with van der Waals surface area (Å²) >= 11 is 0. The number of fused-ring (bicyclic) bond motifs is 2. The molecule has 2 atom stereocenters. The molecule has 140 valence electrons. The lowest BCUT2D eigenvalue weighted by molar-refractivity contribution is 0.268. The Bertz CT molecular complexity index is 808. The number of ether oxygens (including phenoxy) is 2. The summed E-state index contributed by atoms with van der Waals surface area (Å²) in [4.78, 5) is 4.96. The molecule has 1 aromatic carbocycles. The van der Waals surface area contributed by atoms with Gasteiger partial charge in [-0.05, 0) is 55.6 Å². The summed E-state index contributed by atoms with van der Waals surface area (Å²) in [6.07, 6.45) is 7.35. The van der Waals surface area contributed by atoms with Crippen LogP contribution in [0.5, 0.6) is 11.5 Å². The maximum absolute atomic E-state index is 5.57. The van der Waals surface area contributed by atoms with Crippen LogP contribution in [0.15, 0.2) is 12.1 Å². The minimum absolute atomic E-state index is 0.521. The van der Waals surface area contributed by atoms with E-state index < -0.39 is 0 Å². The molecule has 4 nitrogen and oxygen atoms in total. The second-order valence-electron chi connectivity index (χ2n) is 8.05. The zero-order chi connectivity index (χ0) is 18.3. The zero-order valence-electron chi connectivity index (χ0n) is 16.4. The van der Waals surface area contributed by atoms with E-state index in [0.29, 0.717) is 17.9 Å². The molecule has 2 aromatic rings. The molecule has 4 rings (SSSR count). The van der Waals surface area contributed by atoms with E-state index in [-0.39, 0.29) is 0 Å². The van der Waals surface area contributed by atoms with Crippen LogP contribution in [0.3, 0.4) is 0 Å². The van der Waals surface area contributed by atoms with Crippen molar-refractivity contribution in [1.82, 2.24) is 4.98 Å². The first-order valence-corrected chi connectivity index (χ1v) is 9.96. The van der Waals surface area contributed by atoms with Crippen LogP contribution in [0.1, 0.15) is 50.8 Å². The molecule has 2 unspecified atom stereocenters. The maximum Gasteiger partial charge on any atom is 0.162 e. The molecule has 1 fully saturated rings. The molecule has 0 saturated heterocycles. The Morgan fingerprint density at radius 1 is 0.962 bits per heavy atom. The number of nitrogens with one attached hydrogen (secondary N) is 1. The summed E-state index contributed by atoms with van der Waals surface area (Å²) < 4.78 is 11.1. The molecule has 1 heterocycles. The molecular weight excluding hydrogens is 324 g/mol. The number of hydrogen-bond acceptors (Lipinski definition) is 4. The first-order chi connectivity index (χ1) is 12.6. The van der Waals surface area contributed by atoms with Crippen molar-refractivity contribution in [2.75, 3.05) is 19.5 Å². The summed E-state index contributed by atoms with van der Waals surface area (Å²) in [5.41, 5.74) is 4.95. The first kappa shape index (κ1) is 17.4. The summed E-state index contributed by atoms with van der Waals surface area (Å²) in [7, 11) is 3.38. The monoisotopic (exact) mass is 354 g/mol. The summed E-state index contributed by atoms with van der Waals surface area (Å²) in [6, 6.07) is 4.64. The van der Waals surface area contributed by atoms with Crippen molar-refractivity contribution in [2.24, 2.45) is 11.8 Å². The van der Waals surface area contributed by atoms with Crippen molar-refractivity contribution in [1.29, 1.82) is 0 Å². The van der Waals surface area contributed by atoms with Gasteiger partial charge in [0.25, 0.3) is 0 Å². The van der Waals surface area contributed by atoms with Crippen LogP contribution in [0.4, 0.5) is 5.69 Å². The Balaban J connectivity index is 1.86. The SMILES string of the molecule is COc1cc2nc3c(c(NC4C(C)CCCC4C)c2cc1OC)CCC3. The van der Waals surface area contributed by atoms with Gasteiger partial charge in [-0.25, -0.2) is 0 Å². The van der Waals surface area contributed by atoms with E-state index in [4.69, 9.17) is 14.5 Å². The molecule has 0 radical (unpaired) electrons. The Kier molecular flexibility index (Phi) is 4.68. The summed E-state index contributed by atoms with van der Waals surface area (Å²) in [6.45, 7) is 4.78. The van der Waals surface area contributed by atoms with Crippen LogP contribution in [-0.2, 0) is 12.8 Å². The third-order valence-electron chi connectivity index (χ3n) is 6.37. The van der Waals surface area contributed by atoms with E-state index in [2.05, 4.69) is 25.2 Å². The number of aromatic nitrogens is 1. The van der Waals surface area contributed by atoms with E-state index in [0.717, 1.165) is 35.2 Å². The fourth-order valence-corrected chi connectivity index (χ4v) is 4.89. The van der Waals surface area contributed by atoms with E-state index in [1.165, 1.54) is 42.6 Å². The summed E-state index contributed by atoms with van der Waals surface area (Å²) in [5, 5.41) is 5.14. The van der Waals surface area contributed by atoms with Gasteiger partial charge in [0.1, 0.15) is 0 Å². The molecule has 1 saturated carbocycles. The first-order valence-electron chi connectivity index (χ1n) is 9.96. The topological polar surface area (TPSA) is 43.4 Å². The number of rotatable bonds is 4. The zero-order valence-corrected chi connectivity index (χ0v) is 16.4. The van der Waals surface area contributed by atoms with Gasteiger partial charge in [-0.15, -0.1) is 0 Å². The molecule has 1 aromatic heterocycles. The highest BCUT2D eigenvalue weighted by Crippen LogP contribution is 2.41. The fourth-order valence-electron chi connectivity index (χ4n) is 4.89. The lowest BCUT2D eigenvalue weighted by Gasteiger charge is -2.36. The number of nitrogens with zero attached hydrogens (tertiary/aromatic N) is 1. The normalized spacial score (nSPS) is 25.2.